The Bertz CT molecular complexity index is 1280. The van der Waals surface area contributed by atoms with Crippen LogP contribution in [0.15, 0.2) is 59.5 Å². The number of pyridine rings is 1. The van der Waals surface area contributed by atoms with E-state index in [2.05, 4.69) is 20.9 Å². The molecule has 31 heavy (non-hydrogen) atoms. The fourth-order valence-electron chi connectivity index (χ4n) is 3.77. The number of aromatic amines is 1. The van der Waals surface area contributed by atoms with E-state index in [1.807, 2.05) is 48.7 Å². The summed E-state index contributed by atoms with van der Waals surface area (Å²) in [7, 11) is 0. The van der Waals surface area contributed by atoms with Gasteiger partial charge in [0.15, 0.2) is 0 Å². The molecule has 1 aliphatic heterocycles. The van der Waals surface area contributed by atoms with E-state index in [4.69, 9.17) is 22.3 Å². The summed E-state index contributed by atoms with van der Waals surface area (Å²) in [6.07, 6.45) is 2.63. The van der Waals surface area contributed by atoms with Gasteiger partial charge in [-0.1, -0.05) is 17.7 Å². The number of nitrogens with zero attached hydrogens (tertiary/aromatic N) is 3. The normalized spacial score (nSPS) is 13.8. The van der Waals surface area contributed by atoms with Gasteiger partial charge in [-0.2, -0.15) is 0 Å². The lowest BCUT2D eigenvalue weighted by atomic mass is 10.1. The third-order valence-electron chi connectivity index (χ3n) is 5.39. The van der Waals surface area contributed by atoms with Crippen LogP contribution in [0, 0.1) is 0 Å². The summed E-state index contributed by atoms with van der Waals surface area (Å²) in [6.45, 7) is 2.14. The van der Waals surface area contributed by atoms with E-state index in [-0.39, 0.29) is 5.56 Å². The first-order valence-corrected chi connectivity index (χ1v) is 11.2. The summed E-state index contributed by atoms with van der Waals surface area (Å²) in [6, 6.07) is 15.3. The number of thiophene rings is 1. The molecule has 0 saturated heterocycles. The highest BCUT2D eigenvalue weighted by molar-refractivity contribution is 7.19. The van der Waals surface area contributed by atoms with E-state index < -0.39 is 0 Å². The third-order valence-corrected chi connectivity index (χ3v) is 6.64. The van der Waals surface area contributed by atoms with Crippen LogP contribution in [0.5, 0.6) is 0 Å². The van der Waals surface area contributed by atoms with Crippen molar-refractivity contribution in [2.75, 3.05) is 12.3 Å². The second-order valence-corrected chi connectivity index (χ2v) is 9.29. The van der Waals surface area contributed by atoms with Crippen LogP contribution in [0.4, 0.5) is 5.69 Å². The molecule has 4 heterocycles. The zero-order valence-electron chi connectivity index (χ0n) is 16.6. The smallest absolute Gasteiger partial charge is 0.255 e. The van der Waals surface area contributed by atoms with Gasteiger partial charge < -0.3 is 10.7 Å². The number of hydrogen-bond donors (Lipinski definition) is 2. The molecule has 0 saturated carbocycles. The maximum absolute atomic E-state index is 12.8. The van der Waals surface area contributed by atoms with Gasteiger partial charge in [-0.25, -0.2) is 4.98 Å². The van der Waals surface area contributed by atoms with Gasteiger partial charge in [0.25, 0.3) is 5.56 Å². The van der Waals surface area contributed by atoms with E-state index in [1.54, 1.807) is 0 Å². The Morgan fingerprint density at radius 3 is 2.68 bits per heavy atom. The van der Waals surface area contributed by atoms with Crippen LogP contribution in [0.25, 0.3) is 22.0 Å². The molecule has 0 aliphatic carbocycles. The Hall–Kier alpha value is -3.00. The largest absolute Gasteiger partial charge is 0.399 e. The van der Waals surface area contributed by atoms with Crippen molar-refractivity contribution in [2.45, 2.75) is 19.5 Å². The fraction of sp³-hybridized carbons (Fsp3) is 0.174. The van der Waals surface area contributed by atoms with Gasteiger partial charge in [0.05, 0.1) is 26.2 Å². The average Bonchev–Trinajstić information content (AvgIpc) is 3.21. The molecule has 5 rings (SSSR count). The molecule has 6 nitrogen and oxygen atoms in total. The van der Waals surface area contributed by atoms with E-state index in [1.165, 1.54) is 11.3 Å². The van der Waals surface area contributed by atoms with Gasteiger partial charge in [-0.15, -0.1) is 11.3 Å². The molecule has 0 bridgehead atoms. The predicted molar refractivity (Wildman–Crippen MR) is 125 cm³/mol. The van der Waals surface area contributed by atoms with Crippen molar-refractivity contribution in [2.24, 2.45) is 0 Å². The number of aromatic nitrogens is 3. The summed E-state index contributed by atoms with van der Waals surface area (Å²) < 4.78 is 0.756. The molecule has 8 heteroatoms. The molecule has 0 amide bonds. The lowest BCUT2D eigenvalue weighted by Crippen LogP contribution is -2.35. The van der Waals surface area contributed by atoms with Crippen LogP contribution in [-0.4, -0.2) is 26.4 Å². The van der Waals surface area contributed by atoms with Gasteiger partial charge >= 0.3 is 0 Å². The molecular weight excluding hydrogens is 430 g/mol. The Balaban J connectivity index is 1.31. The lowest BCUT2D eigenvalue weighted by molar-refractivity contribution is 0.241. The van der Waals surface area contributed by atoms with E-state index in [0.29, 0.717) is 18.1 Å². The summed E-state index contributed by atoms with van der Waals surface area (Å²) in [5, 5.41) is 0. The molecule has 0 fully saturated rings. The van der Waals surface area contributed by atoms with Gasteiger partial charge in [0.1, 0.15) is 5.82 Å². The van der Waals surface area contributed by atoms with Crippen LogP contribution in [0.3, 0.4) is 0 Å². The Kier molecular flexibility index (Phi) is 5.31. The molecular formula is C23H20ClN5OS. The van der Waals surface area contributed by atoms with E-state index in [0.717, 1.165) is 56.8 Å². The second kappa shape index (κ2) is 8.26. The molecule has 156 valence electrons. The van der Waals surface area contributed by atoms with Gasteiger partial charge in [0, 0.05) is 43.5 Å². The zero-order valence-corrected chi connectivity index (χ0v) is 18.2. The Morgan fingerprint density at radius 2 is 1.97 bits per heavy atom. The van der Waals surface area contributed by atoms with Crippen LogP contribution >= 0.6 is 22.9 Å². The number of hydrogen-bond acceptors (Lipinski definition) is 6. The van der Waals surface area contributed by atoms with E-state index in [9.17, 15) is 4.79 Å². The van der Waals surface area contributed by atoms with Crippen molar-refractivity contribution < 1.29 is 0 Å². The number of fused-ring (bicyclic) bond motifs is 1. The minimum atomic E-state index is -0.0791. The average molecular weight is 450 g/mol. The van der Waals surface area contributed by atoms with Crippen LogP contribution in [0.2, 0.25) is 4.34 Å². The van der Waals surface area contributed by atoms with E-state index >= 15 is 0 Å². The number of nitrogens with two attached hydrogens (primary N) is 1. The van der Waals surface area contributed by atoms with Crippen molar-refractivity contribution in [3.63, 3.8) is 0 Å². The summed E-state index contributed by atoms with van der Waals surface area (Å²) in [5.74, 6) is 0.589. The monoisotopic (exact) mass is 449 g/mol. The standard InChI is InChI=1S/C23H20ClN5OS/c24-21-8-7-20(31-21)19-6-1-14(11-26-19)12-29-10-9-18-17(13-29)23(30)28-22(27-18)15-2-4-16(25)5-3-15/h1-8,11H,9-10,12-13,25H2,(H,27,28,30). The van der Waals surface area contributed by atoms with Gasteiger partial charge in [0.2, 0.25) is 0 Å². The SMILES string of the molecule is Nc1ccc(-c2nc3c(c(=O)[nH]2)CN(Cc2ccc(-c4ccc(Cl)s4)nc2)CC3)cc1. The third kappa shape index (κ3) is 4.25. The number of H-pyrrole nitrogens is 1. The molecule has 0 atom stereocenters. The van der Waals surface area contributed by atoms with Gasteiger partial charge in [-0.05, 0) is 48.0 Å². The number of anilines is 1. The van der Waals surface area contributed by atoms with Crippen LogP contribution in [-0.2, 0) is 19.5 Å². The van der Waals surface area contributed by atoms with Crippen LogP contribution < -0.4 is 11.3 Å². The quantitative estimate of drug-likeness (QED) is 0.452. The minimum absolute atomic E-state index is 0.0791. The van der Waals surface area contributed by atoms with Crippen LogP contribution in [0.1, 0.15) is 16.8 Å². The highest BCUT2D eigenvalue weighted by atomic mass is 35.5. The predicted octanol–water partition coefficient (Wildman–Crippen LogP) is 4.35. The van der Waals surface area contributed by atoms with Crippen molar-refractivity contribution in [3.05, 3.63) is 86.2 Å². The number of nitrogens with one attached hydrogen (secondary N) is 1. The summed E-state index contributed by atoms with van der Waals surface area (Å²) in [5.41, 5.74) is 10.9. The second-order valence-electron chi connectivity index (χ2n) is 7.58. The number of nitrogen functional groups attached to an aromatic ring is 1. The molecule has 1 aliphatic rings. The van der Waals surface area contributed by atoms with Crippen molar-refractivity contribution in [3.8, 4) is 22.0 Å². The highest BCUT2D eigenvalue weighted by Gasteiger charge is 2.21. The zero-order chi connectivity index (χ0) is 21.4. The first-order valence-electron chi connectivity index (χ1n) is 9.96. The Morgan fingerprint density at radius 1 is 1.13 bits per heavy atom. The maximum Gasteiger partial charge on any atom is 0.255 e. The molecule has 0 spiro atoms. The first kappa shape index (κ1) is 19.9. The molecule has 1 aromatic carbocycles. The maximum atomic E-state index is 12.8. The molecule has 0 radical (unpaired) electrons. The fourth-order valence-corrected chi connectivity index (χ4v) is 4.79. The summed E-state index contributed by atoms with van der Waals surface area (Å²) >= 11 is 7.54. The number of rotatable bonds is 4. The highest BCUT2D eigenvalue weighted by Crippen LogP contribution is 2.30. The number of benzene rings is 1. The minimum Gasteiger partial charge on any atom is -0.399 e. The topological polar surface area (TPSA) is 87.9 Å². The van der Waals surface area contributed by atoms with Gasteiger partial charge in [-0.3, -0.25) is 14.7 Å². The summed E-state index contributed by atoms with van der Waals surface area (Å²) in [4.78, 5) is 28.3. The first-order chi connectivity index (χ1) is 15.0. The molecule has 3 N–H and O–H groups in total. The molecule has 0 unspecified atom stereocenters. The molecule has 3 aromatic heterocycles. The molecule has 4 aromatic rings. The lowest BCUT2D eigenvalue weighted by Gasteiger charge is -2.27. The van der Waals surface area contributed by atoms with Crippen molar-refractivity contribution in [1.29, 1.82) is 0 Å². The van der Waals surface area contributed by atoms with Crippen molar-refractivity contribution >= 4 is 28.6 Å². The Labute approximate surface area is 188 Å². The van der Waals surface area contributed by atoms with Crippen molar-refractivity contribution in [1.82, 2.24) is 19.9 Å². The number of halogens is 1.